The molecule has 2 rings (SSSR count). The smallest absolute Gasteiger partial charge is 0.226 e. The van der Waals surface area contributed by atoms with Crippen LogP contribution in [0.4, 0.5) is 0 Å². The van der Waals surface area contributed by atoms with Gasteiger partial charge in [0.25, 0.3) is 0 Å². The summed E-state index contributed by atoms with van der Waals surface area (Å²) in [7, 11) is 1.92. The molecule has 0 fully saturated rings. The van der Waals surface area contributed by atoms with Crippen molar-refractivity contribution in [1.29, 1.82) is 0 Å². The SMILES string of the molecule is CCc1nc(CN(C)C[C@H](O)c2ccccc2)no1. The first-order valence-corrected chi connectivity index (χ1v) is 6.42. The van der Waals surface area contributed by atoms with E-state index in [1.165, 1.54) is 0 Å². The lowest BCUT2D eigenvalue weighted by molar-refractivity contribution is 0.122. The molecule has 0 radical (unpaired) electrons. The molecule has 102 valence electrons. The van der Waals surface area contributed by atoms with Crippen molar-refractivity contribution >= 4 is 0 Å². The van der Waals surface area contributed by atoms with E-state index in [1.54, 1.807) is 0 Å². The Hall–Kier alpha value is -1.72. The third-order valence-corrected chi connectivity index (χ3v) is 2.89. The largest absolute Gasteiger partial charge is 0.387 e. The number of nitrogens with zero attached hydrogens (tertiary/aromatic N) is 3. The number of rotatable bonds is 6. The monoisotopic (exact) mass is 261 g/mol. The first-order valence-electron chi connectivity index (χ1n) is 6.42. The zero-order valence-electron chi connectivity index (χ0n) is 11.3. The van der Waals surface area contributed by atoms with Gasteiger partial charge >= 0.3 is 0 Å². The highest BCUT2D eigenvalue weighted by atomic mass is 16.5. The minimum atomic E-state index is -0.510. The summed E-state index contributed by atoms with van der Waals surface area (Å²) in [5, 5.41) is 14.0. The molecular formula is C14H19N3O2. The van der Waals surface area contributed by atoms with E-state index in [0.717, 1.165) is 12.0 Å². The van der Waals surface area contributed by atoms with Crippen LogP contribution in [0.3, 0.4) is 0 Å². The number of aliphatic hydroxyl groups is 1. The molecule has 0 amide bonds. The lowest BCUT2D eigenvalue weighted by Gasteiger charge is -2.19. The van der Waals surface area contributed by atoms with Gasteiger partial charge in [-0.3, -0.25) is 4.90 Å². The van der Waals surface area contributed by atoms with E-state index < -0.39 is 6.10 Å². The van der Waals surface area contributed by atoms with E-state index in [1.807, 2.05) is 49.2 Å². The fraction of sp³-hybridized carbons (Fsp3) is 0.429. The zero-order chi connectivity index (χ0) is 13.7. The first kappa shape index (κ1) is 13.7. The van der Waals surface area contributed by atoms with Gasteiger partial charge in [-0.15, -0.1) is 0 Å². The molecule has 0 aliphatic carbocycles. The summed E-state index contributed by atoms with van der Waals surface area (Å²) in [6.07, 6.45) is 0.229. The molecule has 5 heteroatoms. The Bertz CT molecular complexity index is 498. The van der Waals surface area contributed by atoms with Crippen LogP contribution in [-0.4, -0.2) is 33.7 Å². The predicted molar refractivity (Wildman–Crippen MR) is 71.4 cm³/mol. The van der Waals surface area contributed by atoms with Crippen LogP contribution in [0.15, 0.2) is 34.9 Å². The van der Waals surface area contributed by atoms with Crippen molar-refractivity contribution in [1.82, 2.24) is 15.0 Å². The molecular weight excluding hydrogens is 242 g/mol. The normalized spacial score (nSPS) is 12.8. The van der Waals surface area contributed by atoms with Crippen molar-refractivity contribution in [2.24, 2.45) is 0 Å². The molecule has 0 aliphatic rings. The Balaban J connectivity index is 1.88. The Morgan fingerprint density at radius 2 is 2.05 bits per heavy atom. The predicted octanol–water partition coefficient (Wildman–Crippen LogP) is 1.80. The maximum atomic E-state index is 10.1. The number of likely N-dealkylation sites (N-methyl/N-ethyl adjacent to an activating group) is 1. The number of benzene rings is 1. The van der Waals surface area contributed by atoms with Crippen LogP contribution in [0, 0.1) is 0 Å². The van der Waals surface area contributed by atoms with E-state index in [0.29, 0.717) is 24.8 Å². The third-order valence-electron chi connectivity index (χ3n) is 2.89. The second-order valence-corrected chi connectivity index (χ2v) is 4.58. The molecule has 0 unspecified atom stereocenters. The molecule has 1 aromatic heterocycles. The van der Waals surface area contributed by atoms with Crippen LogP contribution < -0.4 is 0 Å². The molecule has 0 spiro atoms. The molecule has 0 saturated carbocycles. The molecule has 0 bridgehead atoms. The molecule has 2 aromatic rings. The maximum absolute atomic E-state index is 10.1. The average Bonchev–Trinajstić information content (AvgIpc) is 2.87. The summed E-state index contributed by atoms with van der Waals surface area (Å²) in [4.78, 5) is 6.22. The number of aliphatic hydroxyl groups excluding tert-OH is 1. The Morgan fingerprint density at radius 3 is 2.68 bits per heavy atom. The number of aryl methyl sites for hydroxylation is 1. The Labute approximate surface area is 112 Å². The van der Waals surface area contributed by atoms with Crippen molar-refractivity contribution < 1.29 is 9.63 Å². The van der Waals surface area contributed by atoms with Gasteiger partial charge in [-0.25, -0.2) is 0 Å². The van der Waals surface area contributed by atoms with Crippen molar-refractivity contribution in [2.45, 2.75) is 26.0 Å². The summed E-state index contributed by atoms with van der Waals surface area (Å²) in [6, 6.07) is 9.62. The van der Waals surface area contributed by atoms with Crippen LogP contribution in [0.5, 0.6) is 0 Å². The second kappa shape index (κ2) is 6.45. The van der Waals surface area contributed by atoms with E-state index in [9.17, 15) is 5.11 Å². The molecule has 0 aliphatic heterocycles. The standard InChI is InChI=1S/C14H19N3O2/c1-3-14-15-13(16-19-14)10-17(2)9-12(18)11-7-5-4-6-8-11/h4-8,12,18H,3,9-10H2,1-2H3/t12-/m0/s1. The van der Waals surface area contributed by atoms with E-state index in [4.69, 9.17) is 4.52 Å². The van der Waals surface area contributed by atoms with Crippen molar-refractivity contribution in [2.75, 3.05) is 13.6 Å². The van der Waals surface area contributed by atoms with Gasteiger partial charge in [0.05, 0.1) is 12.6 Å². The number of hydrogen-bond donors (Lipinski definition) is 1. The van der Waals surface area contributed by atoms with Gasteiger partial charge in [-0.2, -0.15) is 4.98 Å². The van der Waals surface area contributed by atoms with Crippen LogP contribution >= 0.6 is 0 Å². The summed E-state index contributed by atoms with van der Waals surface area (Å²) < 4.78 is 5.05. The molecule has 1 N–H and O–H groups in total. The van der Waals surface area contributed by atoms with Crippen LogP contribution in [0.25, 0.3) is 0 Å². The molecule has 0 saturated heterocycles. The quantitative estimate of drug-likeness (QED) is 0.859. The van der Waals surface area contributed by atoms with Gasteiger partial charge in [0.2, 0.25) is 5.89 Å². The summed E-state index contributed by atoms with van der Waals surface area (Å²) in [5.74, 6) is 1.30. The van der Waals surface area contributed by atoms with Crippen LogP contribution in [0.1, 0.15) is 30.3 Å². The number of hydrogen-bond acceptors (Lipinski definition) is 5. The number of aromatic nitrogens is 2. The van der Waals surface area contributed by atoms with E-state index in [2.05, 4.69) is 10.1 Å². The van der Waals surface area contributed by atoms with Gasteiger partial charge in [-0.1, -0.05) is 42.4 Å². The van der Waals surface area contributed by atoms with Crippen LogP contribution in [-0.2, 0) is 13.0 Å². The minimum absolute atomic E-state index is 0.510. The highest BCUT2D eigenvalue weighted by molar-refractivity contribution is 5.17. The van der Waals surface area contributed by atoms with Gasteiger partial charge < -0.3 is 9.63 Å². The van der Waals surface area contributed by atoms with Crippen molar-refractivity contribution in [3.8, 4) is 0 Å². The van der Waals surface area contributed by atoms with E-state index >= 15 is 0 Å². The highest BCUT2D eigenvalue weighted by Gasteiger charge is 2.13. The van der Waals surface area contributed by atoms with Gasteiger partial charge in [0.1, 0.15) is 0 Å². The lowest BCUT2D eigenvalue weighted by Crippen LogP contribution is -2.24. The Kier molecular flexibility index (Phi) is 4.65. The van der Waals surface area contributed by atoms with Gasteiger partial charge in [-0.05, 0) is 12.6 Å². The third kappa shape index (κ3) is 3.87. The zero-order valence-corrected chi connectivity index (χ0v) is 11.3. The maximum Gasteiger partial charge on any atom is 0.226 e. The second-order valence-electron chi connectivity index (χ2n) is 4.58. The average molecular weight is 261 g/mol. The summed E-state index contributed by atoms with van der Waals surface area (Å²) in [6.45, 7) is 3.06. The molecule has 1 heterocycles. The van der Waals surface area contributed by atoms with Gasteiger partial charge in [0, 0.05) is 13.0 Å². The summed E-state index contributed by atoms with van der Waals surface area (Å²) >= 11 is 0. The fourth-order valence-corrected chi connectivity index (χ4v) is 1.88. The topological polar surface area (TPSA) is 62.4 Å². The van der Waals surface area contributed by atoms with Gasteiger partial charge in [0.15, 0.2) is 5.82 Å². The lowest BCUT2D eigenvalue weighted by atomic mass is 10.1. The molecule has 1 aromatic carbocycles. The minimum Gasteiger partial charge on any atom is -0.387 e. The van der Waals surface area contributed by atoms with E-state index in [-0.39, 0.29) is 0 Å². The fourth-order valence-electron chi connectivity index (χ4n) is 1.88. The molecule has 1 atom stereocenters. The highest BCUT2D eigenvalue weighted by Crippen LogP contribution is 2.13. The molecule has 5 nitrogen and oxygen atoms in total. The first-order chi connectivity index (χ1) is 9.19. The van der Waals surface area contributed by atoms with Crippen molar-refractivity contribution in [3.05, 3.63) is 47.6 Å². The Morgan fingerprint density at radius 1 is 1.32 bits per heavy atom. The summed E-state index contributed by atoms with van der Waals surface area (Å²) in [5.41, 5.74) is 0.914. The van der Waals surface area contributed by atoms with Crippen LogP contribution in [0.2, 0.25) is 0 Å². The van der Waals surface area contributed by atoms with Crippen molar-refractivity contribution in [3.63, 3.8) is 0 Å². The molecule has 19 heavy (non-hydrogen) atoms.